The molecule has 0 bridgehead atoms. The quantitative estimate of drug-likeness (QED) is 0.730. The largest absolute Gasteiger partial charge is 0.380 e. The van der Waals surface area contributed by atoms with Gasteiger partial charge in [-0.15, -0.1) is 0 Å². The molecule has 2 rings (SSSR count). The highest BCUT2D eigenvalue weighted by atomic mass is 15.2. The van der Waals surface area contributed by atoms with E-state index in [0.29, 0.717) is 12.1 Å². The van der Waals surface area contributed by atoms with E-state index in [1.54, 1.807) is 0 Å². The fourth-order valence-corrected chi connectivity index (χ4v) is 2.45. The monoisotopic (exact) mass is 222 g/mol. The summed E-state index contributed by atoms with van der Waals surface area (Å²) in [6.45, 7) is 7.52. The number of hydrogen-bond donors (Lipinski definition) is 3. The Labute approximate surface area is 97.2 Å². The zero-order valence-electron chi connectivity index (χ0n) is 10.4. The van der Waals surface area contributed by atoms with E-state index < -0.39 is 0 Å². The fourth-order valence-electron chi connectivity index (χ4n) is 2.45. The van der Waals surface area contributed by atoms with Gasteiger partial charge in [0.15, 0.2) is 0 Å². The number of nitrogens with zero attached hydrogens (tertiary/aromatic N) is 1. The van der Waals surface area contributed by atoms with Gasteiger partial charge in [-0.25, -0.2) is 0 Å². The summed E-state index contributed by atoms with van der Waals surface area (Å²) in [6, 6.07) is 1.18. The minimum absolute atomic E-state index is 0.491. The van der Waals surface area contributed by atoms with Crippen LogP contribution in [0.2, 0.25) is 0 Å². The van der Waals surface area contributed by atoms with Gasteiger partial charge in [-0.3, -0.25) is 5.10 Å². The molecule has 4 heteroatoms. The van der Waals surface area contributed by atoms with Gasteiger partial charge in [-0.05, 0) is 46.6 Å². The van der Waals surface area contributed by atoms with Gasteiger partial charge in [0.25, 0.3) is 0 Å². The molecule has 0 spiro atoms. The molecule has 2 atom stereocenters. The SMILES string of the molecule is Cc1n[nH]c(C)c1NC(C)CC1CCCN1. The number of aromatic amines is 1. The Kier molecular flexibility index (Phi) is 3.49. The van der Waals surface area contributed by atoms with Crippen LogP contribution in [0.15, 0.2) is 0 Å². The van der Waals surface area contributed by atoms with Crippen LogP contribution in [0, 0.1) is 13.8 Å². The van der Waals surface area contributed by atoms with Crippen molar-refractivity contribution in [2.24, 2.45) is 0 Å². The lowest BCUT2D eigenvalue weighted by Gasteiger charge is -2.19. The molecule has 1 aliphatic rings. The van der Waals surface area contributed by atoms with E-state index in [0.717, 1.165) is 11.4 Å². The Hall–Kier alpha value is -1.03. The Balaban J connectivity index is 1.88. The molecule has 2 heterocycles. The standard InChI is InChI=1S/C12H22N4/c1-8(7-11-5-4-6-13-11)14-12-9(2)15-16-10(12)3/h8,11,13-14H,4-7H2,1-3H3,(H,15,16). The predicted molar refractivity (Wildman–Crippen MR) is 66.8 cm³/mol. The Bertz CT molecular complexity index is 319. The van der Waals surface area contributed by atoms with E-state index >= 15 is 0 Å². The maximum absolute atomic E-state index is 4.20. The van der Waals surface area contributed by atoms with Crippen molar-refractivity contribution < 1.29 is 0 Å². The van der Waals surface area contributed by atoms with Crippen molar-refractivity contribution in [1.29, 1.82) is 0 Å². The number of nitrogens with one attached hydrogen (secondary N) is 3. The molecule has 1 saturated heterocycles. The predicted octanol–water partition coefficient (Wildman–Crippen LogP) is 1.97. The molecule has 1 aromatic heterocycles. The topological polar surface area (TPSA) is 52.7 Å². The first-order valence-electron chi connectivity index (χ1n) is 6.18. The third-order valence-electron chi connectivity index (χ3n) is 3.32. The first kappa shape index (κ1) is 11.5. The molecule has 0 aliphatic carbocycles. The molecule has 90 valence electrons. The number of H-pyrrole nitrogens is 1. The van der Waals surface area contributed by atoms with Crippen LogP contribution in [0.1, 0.15) is 37.6 Å². The van der Waals surface area contributed by atoms with E-state index in [-0.39, 0.29) is 0 Å². The average Bonchev–Trinajstić information content (AvgIpc) is 2.83. The lowest BCUT2D eigenvalue weighted by molar-refractivity contribution is 0.523. The summed E-state index contributed by atoms with van der Waals surface area (Å²) in [5.41, 5.74) is 3.36. The van der Waals surface area contributed by atoms with Crippen molar-refractivity contribution in [3.05, 3.63) is 11.4 Å². The lowest BCUT2D eigenvalue weighted by atomic mass is 10.1. The minimum atomic E-state index is 0.491. The highest BCUT2D eigenvalue weighted by molar-refractivity contribution is 5.51. The van der Waals surface area contributed by atoms with Crippen molar-refractivity contribution >= 4 is 5.69 Å². The first-order valence-corrected chi connectivity index (χ1v) is 6.18. The van der Waals surface area contributed by atoms with Gasteiger partial charge in [0, 0.05) is 12.1 Å². The van der Waals surface area contributed by atoms with Crippen LogP contribution >= 0.6 is 0 Å². The fraction of sp³-hybridized carbons (Fsp3) is 0.750. The van der Waals surface area contributed by atoms with Crippen molar-refractivity contribution in [3.63, 3.8) is 0 Å². The molecule has 1 aromatic rings. The second-order valence-corrected chi connectivity index (χ2v) is 4.88. The Morgan fingerprint density at radius 2 is 2.31 bits per heavy atom. The molecular formula is C12H22N4. The van der Waals surface area contributed by atoms with Gasteiger partial charge >= 0.3 is 0 Å². The van der Waals surface area contributed by atoms with E-state index in [1.165, 1.54) is 31.5 Å². The van der Waals surface area contributed by atoms with Gasteiger partial charge in [-0.2, -0.15) is 5.10 Å². The third-order valence-corrected chi connectivity index (χ3v) is 3.32. The van der Waals surface area contributed by atoms with Crippen molar-refractivity contribution in [3.8, 4) is 0 Å². The molecule has 0 amide bonds. The van der Waals surface area contributed by atoms with Crippen LogP contribution < -0.4 is 10.6 Å². The summed E-state index contributed by atoms with van der Waals surface area (Å²) >= 11 is 0. The Morgan fingerprint density at radius 1 is 1.50 bits per heavy atom. The summed E-state index contributed by atoms with van der Waals surface area (Å²) in [5.74, 6) is 0. The van der Waals surface area contributed by atoms with Crippen molar-refractivity contribution in [2.75, 3.05) is 11.9 Å². The van der Waals surface area contributed by atoms with Crippen LogP contribution in [0.25, 0.3) is 0 Å². The molecule has 0 saturated carbocycles. The smallest absolute Gasteiger partial charge is 0.0825 e. The van der Waals surface area contributed by atoms with Gasteiger partial charge in [0.05, 0.1) is 17.1 Å². The molecule has 1 fully saturated rings. The number of anilines is 1. The average molecular weight is 222 g/mol. The van der Waals surface area contributed by atoms with Crippen LogP contribution in [0.3, 0.4) is 0 Å². The van der Waals surface area contributed by atoms with E-state index in [1.807, 2.05) is 6.92 Å². The van der Waals surface area contributed by atoms with Gasteiger partial charge in [0.2, 0.25) is 0 Å². The maximum Gasteiger partial charge on any atom is 0.0825 e. The summed E-state index contributed by atoms with van der Waals surface area (Å²) in [4.78, 5) is 0. The second-order valence-electron chi connectivity index (χ2n) is 4.88. The Morgan fingerprint density at radius 3 is 2.88 bits per heavy atom. The number of hydrogen-bond acceptors (Lipinski definition) is 3. The minimum Gasteiger partial charge on any atom is -0.380 e. The van der Waals surface area contributed by atoms with E-state index in [9.17, 15) is 0 Å². The molecule has 0 radical (unpaired) electrons. The molecule has 4 nitrogen and oxygen atoms in total. The summed E-state index contributed by atoms with van der Waals surface area (Å²) in [5, 5.41) is 14.3. The molecule has 3 N–H and O–H groups in total. The van der Waals surface area contributed by atoms with E-state index in [4.69, 9.17) is 0 Å². The molecule has 0 aromatic carbocycles. The van der Waals surface area contributed by atoms with Gasteiger partial charge in [-0.1, -0.05) is 0 Å². The number of aromatic nitrogens is 2. The van der Waals surface area contributed by atoms with Crippen LogP contribution in [0.5, 0.6) is 0 Å². The van der Waals surface area contributed by atoms with Crippen molar-refractivity contribution in [2.45, 2.75) is 52.1 Å². The normalized spacial score (nSPS) is 22.3. The third kappa shape index (κ3) is 2.55. The van der Waals surface area contributed by atoms with Crippen LogP contribution in [-0.4, -0.2) is 28.8 Å². The van der Waals surface area contributed by atoms with Crippen LogP contribution in [-0.2, 0) is 0 Å². The van der Waals surface area contributed by atoms with E-state index in [2.05, 4.69) is 34.7 Å². The maximum atomic E-state index is 4.20. The lowest BCUT2D eigenvalue weighted by Crippen LogP contribution is -2.29. The molecular weight excluding hydrogens is 200 g/mol. The summed E-state index contributed by atoms with van der Waals surface area (Å²) in [6.07, 6.45) is 3.82. The van der Waals surface area contributed by atoms with Gasteiger partial charge < -0.3 is 10.6 Å². The highest BCUT2D eigenvalue weighted by Crippen LogP contribution is 2.19. The summed E-state index contributed by atoms with van der Waals surface area (Å²) in [7, 11) is 0. The second kappa shape index (κ2) is 4.87. The molecule has 2 unspecified atom stereocenters. The molecule has 16 heavy (non-hydrogen) atoms. The summed E-state index contributed by atoms with van der Waals surface area (Å²) < 4.78 is 0. The van der Waals surface area contributed by atoms with Gasteiger partial charge in [0.1, 0.15) is 0 Å². The van der Waals surface area contributed by atoms with Crippen LogP contribution in [0.4, 0.5) is 5.69 Å². The number of rotatable bonds is 4. The number of aryl methyl sites for hydroxylation is 2. The zero-order chi connectivity index (χ0) is 11.5. The molecule has 1 aliphatic heterocycles. The van der Waals surface area contributed by atoms with Crippen molar-refractivity contribution in [1.82, 2.24) is 15.5 Å². The zero-order valence-corrected chi connectivity index (χ0v) is 10.4. The first-order chi connectivity index (χ1) is 7.66. The highest BCUT2D eigenvalue weighted by Gasteiger charge is 2.18.